The van der Waals surface area contributed by atoms with Crippen LogP contribution in [0, 0.1) is 5.82 Å². The molecule has 7 nitrogen and oxygen atoms in total. The fourth-order valence-electron chi connectivity index (χ4n) is 2.99. The van der Waals surface area contributed by atoms with Crippen molar-refractivity contribution in [3.8, 4) is 0 Å². The van der Waals surface area contributed by atoms with Crippen LogP contribution < -0.4 is 10.6 Å². The van der Waals surface area contributed by atoms with Gasteiger partial charge in [0.2, 0.25) is 11.8 Å². The first-order valence-electron chi connectivity index (χ1n) is 8.18. The molecule has 3 amide bonds. The molecule has 1 fully saturated rings. The van der Waals surface area contributed by atoms with Gasteiger partial charge >= 0.3 is 6.09 Å². The van der Waals surface area contributed by atoms with Crippen molar-refractivity contribution in [1.29, 1.82) is 0 Å². The second-order valence-electron chi connectivity index (χ2n) is 6.61. The molecule has 0 radical (unpaired) electrons. The predicted molar refractivity (Wildman–Crippen MR) is 87.5 cm³/mol. The van der Waals surface area contributed by atoms with Crippen molar-refractivity contribution in [3.63, 3.8) is 0 Å². The highest BCUT2D eigenvalue weighted by Crippen LogP contribution is 2.35. The number of hydrogen-bond donors (Lipinski definition) is 2. The molecule has 0 aromatic heterocycles. The van der Waals surface area contributed by atoms with Crippen LogP contribution in [-0.4, -0.2) is 48.0 Å². The monoisotopic (exact) mass is 349 g/mol. The number of amides is 3. The predicted octanol–water partition coefficient (Wildman–Crippen LogP) is 1.60. The molecule has 1 saturated heterocycles. The Bertz CT molecular complexity index is 716. The Balaban J connectivity index is 1.62. The van der Waals surface area contributed by atoms with Crippen LogP contribution in [-0.2, 0) is 14.3 Å². The quantitative estimate of drug-likeness (QED) is 0.868. The van der Waals surface area contributed by atoms with E-state index in [1.807, 2.05) is 13.8 Å². The van der Waals surface area contributed by atoms with E-state index in [4.69, 9.17) is 4.74 Å². The van der Waals surface area contributed by atoms with Gasteiger partial charge in [-0.1, -0.05) is 6.07 Å². The molecule has 0 saturated carbocycles. The minimum atomic E-state index is -0.644. The molecule has 3 rings (SSSR count). The molecule has 2 N–H and O–H groups in total. The number of carbonyl (C=O) groups excluding carboxylic acids is 3. The molecule has 1 atom stereocenters. The van der Waals surface area contributed by atoms with E-state index < -0.39 is 17.8 Å². The number of carbonyl (C=O) groups is 3. The number of hydrogen-bond acceptors (Lipinski definition) is 4. The van der Waals surface area contributed by atoms with E-state index in [1.54, 1.807) is 4.90 Å². The van der Waals surface area contributed by atoms with Crippen LogP contribution in [0.5, 0.6) is 0 Å². The van der Waals surface area contributed by atoms with Gasteiger partial charge in [-0.25, -0.2) is 9.18 Å². The van der Waals surface area contributed by atoms with Crippen LogP contribution in [0.1, 0.15) is 31.7 Å². The largest absolute Gasteiger partial charge is 0.442 e. The van der Waals surface area contributed by atoms with E-state index in [2.05, 4.69) is 10.6 Å². The first kappa shape index (κ1) is 17.2. The van der Waals surface area contributed by atoms with Gasteiger partial charge in [0.25, 0.3) is 0 Å². The minimum Gasteiger partial charge on any atom is -0.442 e. The number of ether oxygens (including phenoxy) is 1. The molecule has 2 heterocycles. The lowest BCUT2D eigenvalue weighted by molar-refractivity contribution is -0.144. The van der Waals surface area contributed by atoms with E-state index in [0.29, 0.717) is 24.3 Å². The molecule has 1 aromatic carbocycles. The molecule has 0 aliphatic carbocycles. The standard InChI is InChI=1S/C17H20FN3O4/c1-9(2)19-17(24)25-11-7-21(8-11)16(23)13-6-15(22)20-14-5-10(18)3-4-12(13)14/h3-5,9,11,13H,6-8H2,1-2H3,(H,19,24)(H,20,22). The SMILES string of the molecule is CC(C)NC(=O)OC1CN(C(=O)C2CC(=O)Nc3cc(F)ccc32)C1. The lowest BCUT2D eigenvalue weighted by Gasteiger charge is -2.41. The van der Waals surface area contributed by atoms with E-state index in [0.717, 1.165) is 0 Å². The Hall–Kier alpha value is -2.64. The van der Waals surface area contributed by atoms with Gasteiger partial charge in [0.1, 0.15) is 11.9 Å². The van der Waals surface area contributed by atoms with E-state index >= 15 is 0 Å². The second kappa shape index (κ2) is 6.70. The van der Waals surface area contributed by atoms with Gasteiger partial charge in [-0.3, -0.25) is 9.59 Å². The highest BCUT2D eigenvalue weighted by Gasteiger charge is 2.40. The van der Waals surface area contributed by atoms with Crippen molar-refractivity contribution >= 4 is 23.6 Å². The average molecular weight is 349 g/mol. The molecule has 134 valence electrons. The molecular weight excluding hydrogens is 329 g/mol. The minimum absolute atomic E-state index is 0.0212. The van der Waals surface area contributed by atoms with Crippen LogP contribution in [0.3, 0.4) is 0 Å². The van der Waals surface area contributed by atoms with E-state index in [1.165, 1.54) is 18.2 Å². The second-order valence-corrected chi connectivity index (χ2v) is 6.61. The van der Waals surface area contributed by atoms with Crippen LogP contribution in [0.4, 0.5) is 14.9 Å². The third-order valence-corrected chi connectivity index (χ3v) is 4.19. The fraction of sp³-hybridized carbons (Fsp3) is 0.471. The highest BCUT2D eigenvalue weighted by molar-refractivity contribution is 6.01. The summed E-state index contributed by atoms with van der Waals surface area (Å²) in [5.74, 6) is -1.65. The number of likely N-dealkylation sites (tertiary alicyclic amines) is 1. The number of nitrogens with one attached hydrogen (secondary N) is 2. The molecule has 1 aromatic rings. The zero-order valence-corrected chi connectivity index (χ0v) is 14.0. The number of benzene rings is 1. The Kier molecular flexibility index (Phi) is 4.61. The number of halogens is 1. The van der Waals surface area contributed by atoms with Gasteiger partial charge in [-0.15, -0.1) is 0 Å². The Morgan fingerprint density at radius 2 is 2.08 bits per heavy atom. The summed E-state index contributed by atoms with van der Waals surface area (Å²) in [6, 6.07) is 3.99. The Labute approximate surface area is 144 Å². The van der Waals surface area contributed by atoms with Crippen molar-refractivity contribution < 1.29 is 23.5 Å². The fourth-order valence-corrected chi connectivity index (χ4v) is 2.99. The van der Waals surface area contributed by atoms with Crippen molar-refractivity contribution in [2.75, 3.05) is 18.4 Å². The topological polar surface area (TPSA) is 87.7 Å². The maximum Gasteiger partial charge on any atom is 0.407 e. The number of anilines is 1. The summed E-state index contributed by atoms with van der Waals surface area (Å²) in [6.45, 7) is 4.23. The number of nitrogens with zero attached hydrogens (tertiary/aromatic N) is 1. The first-order chi connectivity index (χ1) is 11.8. The summed E-state index contributed by atoms with van der Waals surface area (Å²) in [6.07, 6.45) is -0.842. The average Bonchev–Trinajstić information content (AvgIpc) is 2.47. The van der Waals surface area contributed by atoms with Crippen molar-refractivity contribution in [2.45, 2.75) is 38.3 Å². The van der Waals surface area contributed by atoms with Gasteiger partial charge in [-0.05, 0) is 31.5 Å². The van der Waals surface area contributed by atoms with Gasteiger partial charge in [0.05, 0.1) is 19.0 Å². The van der Waals surface area contributed by atoms with Crippen molar-refractivity contribution in [2.24, 2.45) is 0 Å². The lowest BCUT2D eigenvalue weighted by atomic mass is 9.88. The normalized spacial score (nSPS) is 19.8. The molecule has 0 spiro atoms. The molecule has 25 heavy (non-hydrogen) atoms. The molecule has 2 aliphatic rings. The summed E-state index contributed by atoms with van der Waals surface area (Å²) in [7, 11) is 0. The highest BCUT2D eigenvalue weighted by atomic mass is 19.1. The first-order valence-corrected chi connectivity index (χ1v) is 8.18. The molecule has 8 heteroatoms. The van der Waals surface area contributed by atoms with Crippen molar-refractivity contribution in [3.05, 3.63) is 29.6 Å². The summed E-state index contributed by atoms with van der Waals surface area (Å²) in [5.41, 5.74) is 0.937. The molecule has 2 aliphatic heterocycles. The van der Waals surface area contributed by atoms with Gasteiger partial charge < -0.3 is 20.3 Å². The summed E-state index contributed by atoms with van der Waals surface area (Å²) in [5, 5.41) is 5.21. The van der Waals surface area contributed by atoms with Crippen molar-refractivity contribution in [1.82, 2.24) is 10.2 Å². The number of alkyl carbamates (subject to hydrolysis) is 1. The van der Waals surface area contributed by atoms with Crippen LogP contribution in [0.25, 0.3) is 0 Å². The zero-order valence-electron chi connectivity index (χ0n) is 14.0. The summed E-state index contributed by atoms with van der Waals surface area (Å²) < 4.78 is 18.5. The smallest absolute Gasteiger partial charge is 0.407 e. The van der Waals surface area contributed by atoms with Crippen LogP contribution in [0.15, 0.2) is 18.2 Å². The van der Waals surface area contributed by atoms with Crippen LogP contribution in [0.2, 0.25) is 0 Å². The van der Waals surface area contributed by atoms with E-state index in [9.17, 15) is 18.8 Å². The Morgan fingerprint density at radius 1 is 1.36 bits per heavy atom. The number of fused-ring (bicyclic) bond motifs is 1. The Morgan fingerprint density at radius 3 is 2.76 bits per heavy atom. The van der Waals surface area contributed by atoms with Gasteiger partial charge in [0, 0.05) is 18.2 Å². The molecular formula is C17H20FN3O4. The summed E-state index contributed by atoms with van der Waals surface area (Å²) in [4.78, 5) is 37.6. The summed E-state index contributed by atoms with van der Waals surface area (Å²) >= 11 is 0. The zero-order chi connectivity index (χ0) is 18.1. The van der Waals surface area contributed by atoms with Crippen LogP contribution >= 0.6 is 0 Å². The maximum absolute atomic E-state index is 13.3. The maximum atomic E-state index is 13.3. The third kappa shape index (κ3) is 3.72. The van der Waals surface area contributed by atoms with Gasteiger partial charge in [-0.2, -0.15) is 0 Å². The third-order valence-electron chi connectivity index (χ3n) is 4.19. The van der Waals surface area contributed by atoms with Gasteiger partial charge in [0.15, 0.2) is 0 Å². The molecule has 1 unspecified atom stereocenters. The number of rotatable bonds is 3. The van der Waals surface area contributed by atoms with E-state index in [-0.39, 0.29) is 30.4 Å². The molecule has 0 bridgehead atoms. The lowest BCUT2D eigenvalue weighted by Crippen LogP contribution is -2.57.